The van der Waals surface area contributed by atoms with Gasteiger partial charge in [-0.2, -0.15) is 0 Å². The third kappa shape index (κ3) is 4.26. The molecule has 32 heavy (non-hydrogen) atoms. The first-order chi connectivity index (χ1) is 15.1. The molecule has 0 saturated heterocycles. The number of anilines is 2. The fourth-order valence-electron chi connectivity index (χ4n) is 3.75. The van der Waals surface area contributed by atoms with E-state index in [2.05, 4.69) is 16.9 Å². The topological polar surface area (TPSA) is 29.9 Å². The molecule has 0 fully saturated rings. The van der Waals surface area contributed by atoms with Gasteiger partial charge in [-0.15, -0.1) is 0 Å². The second kappa shape index (κ2) is 8.19. The van der Waals surface area contributed by atoms with E-state index in [0.29, 0.717) is 33.7 Å². The lowest BCUT2D eigenvalue weighted by Gasteiger charge is -2.18. The molecule has 0 amide bonds. The van der Waals surface area contributed by atoms with Crippen LogP contribution in [0.1, 0.15) is 36.1 Å². The lowest BCUT2D eigenvalue weighted by Crippen LogP contribution is -2.14. The van der Waals surface area contributed by atoms with Crippen LogP contribution in [0, 0.1) is 12.7 Å². The van der Waals surface area contributed by atoms with Crippen molar-refractivity contribution in [2.24, 2.45) is 0 Å². The van der Waals surface area contributed by atoms with Crippen molar-refractivity contribution in [3.8, 4) is 0 Å². The van der Waals surface area contributed by atoms with E-state index >= 15 is 0 Å². The summed E-state index contributed by atoms with van der Waals surface area (Å²) in [6, 6.07) is 17.2. The van der Waals surface area contributed by atoms with E-state index in [4.69, 9.17) is 0 Å². The first-order valence-electron chi connectivity index (χ1n) is 10.3. The third-order valence-electron chi connectivity index (χ3n) is 5.42. The number of nitrogens with one attached hydrogen (secondary N) is 1. The van der Waals surface area contributed by atoms with Gasteiger partial charge < -0.3 is 9.88 Å². The molecule has 4 aromatic rings. The third-order valence-corrected chi connectivity index (χ3v) is 5.42. The summed E-state index contributed by atoms with van der Waals surface area (Å²) in [6.45, 7) is 8.60. The van der Waals surface area contributed by atoms with Gasteiger partial charge >= 0.3 is 0 Å². The Kier molecular flexibility index (Phi) is 5.55. The van der Waals surface area contributed by atoms with Crippen molar-refractivity contribution in [1.29, 1.82) is 0 Å². The van der Waals surface area contributed by atoms with Crippen LogP contribution < -0.4 is 5.32 Å². The molecular formula is C26H24F3N3. The van der Waals surface area contributed by atoms with E-state index in [1.807, 2.05) is 31.2 Å². The minimum Gasteiger partial charge on any atom is -0.326 e. The maximum atomic E-state index is 14.6. The minimum absolute atomic E-state index is 0.0506. The van der Waals surface area contributed by atoms with E-state index in [9.17, 15) is 13.2 Å². The van der Waals surface area contributed by atoms with E-state index in [1.54, 1.807) is 35.8 Å². The molecule has 1 N–H and O–H groups in total. The molecule has 0 saturated carbocycles. The predicted molar refractivity (Wildman–Crippen MR) is 124 cm³/mol. The molecule has 0 aliphatic heterocycles. The Morgan fingerprint density at radius 1 is 1.09 bits per heavy atom. The van der Waals surface area contributed by atoms with Gasteiger partial charge in [0.2, 0.25) is 5.95 Å². The molecular weight excluding hydrogens is 411 g/mol. The number of hydrogen-bond acceptors (Lipinski definition) is 2. The lowest BCUT2D eigenvalue weighted by molar-refractivity contribution is 0.0165. The average Bonchev–Trinajstić information content (AvgIpc) is 3.04. The number of alkyl halides is 2. The van der Waals surface area contributed by atoms with Crippen LogP contribution in [-0.4, -0.2) is 9.55 Å². The SMILES string of the molecule is C=C(C)c1cc2c(cc1F)nc(Nc1ccc(C)cc1)n2Cc1ccccc1C(C)(F)F. The van der Waals surface area contributed by atoms with E-state index in [-0.39, 0.29) is 12.1 Å². The summed E-state index contributed by atoms with van der Waals surface area (Å²) >= 11 is 0. The summed E-state index contributed by atoms with van der Waals surface area (Å²) in [5.41, 5.74) is 4.33. The monoisotopic (exact) mass is 435 g/mol. The van der Waals surface area contributed by atoms with Crippen LogP contribution in [0.4, 0.5) is 24.8 Å². The molecule has 0 radical (unpaired) electrons. The van der Waals surface area contributed by atoms with E-state index in [0.717, 1.165) is 18.2 Å². The van der Waals surface area contributed by atoms with Crippen molar-refractivity contribution >= 4 is 28.2 Å². The maximum Gasteiger partial charge on any atom is 0.270 e. The van der Waals surface area contributed by atoms with Gasteiger partial charge in [-0.25, -0.2) is 18.2 Å². The number of fused-ring (bicyclic) bond motifs is 1. The number of allylic oxidation sites excluding steroid dienone is 1. The first-order valence-corrected chi connectivity index (χ1v) is 10.3. The van der Waals surface area contributed by atoms with Crippen molar-refractivity contribution < 1.29 is 13.2 Å². The van der Waals surface area contributed by atoms with Crippen LogP contribution in [0.2, 0.25) is 0 Å². The molecule has 1 aromatic heterocycles. The zero-order chi connectivity index (χ0) is 23.0. The Balaban J connectivity index is 1.89. The van der Waals surface area contributed by atoms with Crippen molar-refractivity contribution in [3.05, 3.63) is 95.3 Å². The number of imidazole rings is 1. The van der Waals surface area contributed by atoms with Crippen molar-refractivity contribution in [2.45, 2.75) is 33.2 Å². The Morgan fingerprint density at radius 2 is 1.78 bits per heavy atom. The van der Waals surface area contributed by atoms with Gasteiger partial charge in [0.15, 0.2) is 0 Å². The van der Waals surface area contributed by atoms with E-state index < -0.39 is 11.7 Å². The Hall–Kier alpha value is -3.54. The number of benzene rings is 3. The number of aromatic nitrogens is 2. The smallest absolute Gasteiger partial charge is 0.270 e. The fraction of sp³-hybridized carbons (Fsp3) is 0.192. The number of aryl methyl sites for hydroxylation is 1. The fourth-order valence-corrected chi connectivity index (χ4v) is 3.75. The van der Waals surface area contributed by atoms with Gasteiger partial charge in [-0.3, -0.25) is 0 Å². The van der Waals surface area contributed by atoms with Crippen LogP contribution >= 0.6 is 0 Å². The van der Waals surface area contributed by atoms with Crippen LogP contribution in [0.25, 0.3) is 16.6 Å². The van der Waals surface area contributed by atoms with Gasteiger partial charge in [0.05, 0.1) is 17.6 Å². The second-order valence-corrected chi connectivity index (χ2v) is 8.16. The van der Waals surface area contributed by atoms with Gasteiger partial charge in [0.1, 0.15) is 5.82 Å². The Bertz CT molecular complexity index is 1300. The highest BCUT2D eigenvalue weighted by atomic mass is 19.3. The molecule has 164 valence electrons. The molecule has 4 rings (SSSR count). The zero-order valence-corrected chi connectivity index (χ0v) is 18.2. The molecule has 3 nitrogen and oxygen atoms in total. The normalized spacial score (nSPS) is 11.7. The highest BCUT2D eigenvalue weighted by Gasteiger charge is 2.27. The van der Waals surface area contributed by atoms with Crippen molar-refractivity contribution in [3.63, 3.8) is 0 Å². The highest BCUT2D eigenvalue weighted by molar-refractivity contribution is 5.84. The highest BCUT2D eigenvalue weighted by Crippen LogP contribution is 2.33. The quantitative estimate of drug-likeness (QED) is 0.341. The van der Waals surface area contributed by atoms with Crippen molar-refractivity contribution in [1.82, 2.24) is 9.55 Å². The molecule has 1 heterocycles. The largest absolute Gasteiger partial charge is 0.326 e. The standard InChI is InChI=1S/C26H24F3N3/c1-16(2)20-13-24-23(14-22(20)27)31-25(30-19-11-9-17(3)10-12-19)32(24)15-18-7-5-6-8-21(18)26(4,28)29/h5-14H,1,15H2,2-4H3,(H,30,31). The van der Waals surface area contributed by atoms with Gasteiger partial charge in [0.25, 0.3) is 5.92 Å². The lowest BCUT2D eigenvalue weighted by atomic mass is 10.0. The molecule has 6 heteroatoms. The van der Waals surface area contributed by atoms with E-state index in [1.165, 1.54) is 12.1 Å². The van der Waals surface area contributed by atoms with Crippen LogP contribution in [0.5, 0.6) is 0 Å². The number of nitrogens with zero attached hydrogens (tertiary/aromatic N) is 2. The number of halogens is 3. The number of rotatable bonds is 6. The van der Waals surface area contributed by atoms with Crippen LogP contribution in [-0.2, 0) is 12.5 Å². The summed E-state index contributed by atoms with van der Waals surface area (Å²) in [6.07, 6.45) is 0. The predicted octanol–water partition coefficient (Wildman–Crippen LogP) is 7.42. The van der Waals surface area contributed by atoms with Gasteiger partial charge in [0, 0.05) is 29.8 Å². The van der Waals surface area contributed by atoms with Crippen molar-refractivity contribution in [2.75, 3.05) is 5.32 Å². The summed E-state index contributed by atoms with van der Waals surface area (Å²) < 4.78 is 44.9. The minimum atomic E-state index is -2.99. The summed E-state index contributed by atoms with van der Waals surface area (Å²) in [7, 11) is 0. The zero-order valence-electron chi connectivity index (χ0n) is 18.2. The van der Waals surface area contributed by atoms with Gasteiger partial charge in [-0.1, -0.05) is 48.5 Å². The van der Waals surface area contributed by atoms with Crippen LogP contribution in [0.3, 0.4) is 0 Å². The second-order valence-electron chi connectivity index (χ2n) is 8.16. The maximum absolute atomic E-state index is 14.6. The van der Waals surface area contributed by atoms with Gasteiger partial charge in [-0.05, 0) is 43.2 Å². The molecule has 0 bridgehead atoms. The molecule has 0 spiro atoms. The number of hydrogen-bond donors (Lipinski definition) is 1. The average molecular weight is 435 g/mol. The molecule has 0 aliphatic carbocycles. The first kappa shape index (κ1) is 21.7. The summed E-state index contributed by atoms with van der Waals surface area (Å²) in [4.78, 5) is 4.57. The molecule has 3 aromatic carbocycles. The summed E-state index contributed by atoms with van der Waals surface area (Å²) in [5.74, 6) is -2.97. The molecule has 0 unspecified atom stereocenters. The molecule has 0 aliphatic rings. The Labute approximate surface area is 185 Å². The van der Waals surface area contributed by atoms with Crippen LogP contribution in [0.15, 0.2) is 67.2 Å². The molecule has 0 atom stereocenters. The summed E-state index contributed by atoms with van der Waals surface area (Å²) in [5, 5.41) is 3.26. The Morgan fingerprint density at radius 3 is 2.44 bits per heavy atom.